The number of benzene rings is 2. The van der Waals surface area contributed by atoms with Gasteiger partial charge >= 0.3 is 11.5 Å². The fourth-order valence-corrected chi connectivity index (χ4v) is 3.29. The Hall–Kier alpha value is -2.41. The van der Waals surface area contributed by atoms with Gasteiger partial charge in [-0.15, -0.1) is 0 Å². The lowest BCUT2D eigenvalue weighted by atomic mass is 9.95. The third-order valence-corrected chi connectivity index (χ3v) is 4.54. The van der Waals surface area contributed by atoms with Crippen molar-refractivity contribution >= 4 is 0 Å². The highest BCUT2D eigenvalue weighted by Gasteiger charge is 2.18. The first kappa shape index (κ1) is 16.4. The molecule has 0 amide bonds. The molecule has 0 spiro atoms. The second kappa shape index (κ2) is 7.92. The van der Waals surface area contributed by atoms with Gasteiger partial charge in [0.05, 0.1) is 19.4 Å². The molecule has 0 aliphatic carbocycles. The van der Waals surface area contributed by atoms with E-state index in [1.807, 2.05) is 6.92 Å². The normalized spacial score (nSPS) is 10.8. The van der Waals surface area contributed by atoms with Crippen LogP contribution in [0.1, 0.15) is 33.8 Å². The Kier molecular flexibility index (Phi) is 5.43. The average molecular weight is 317 g/mol. The van der Waals surface area contributed by atoms with Crippen LogP contribution in [0.15, 0.2) is 71.1 Å². The molecule has 0 aliphatic rings. The van der Waals surface area contributed by atoms with E-state index in [1.165, 1.54) is 22.3 Å². The molecule has 0 unspecified atom stereocenters. The summed E-state index contributed by atoms with van der Waals surface area (Å²) in [4.78, 5) is 0. The van der Waals surface area contributed by atoms with Crippen LogP contribution in [-0.2, 0) is 25.7 Å². The summed E-state index contributed by atoms with van der Waals surface area (Å²) >= 11 is 0. The first-order valence-electron chi connectivity index (χ1n) is 8.72. The Balaban J connectivity index is 1.77. The fraction of sp³-hybridized carbons (Fsp3) is 0.261. The van der Waals surface area contributed by atoms with Crippen molar-refractivity contribution in [2.24, 2.45) is 0 Å². The summed E-state index contributed by atoms with van der Waals surface area (Å²) in [6.45, 7) is 4.14. The molecular formula is C23H25O+. The van der Waals surface area contributed by atoms with Crippen molar-refractivity contribution < 1.29 is 4.42 Å². The van der Waals surface area contributed by atoms with Crippen LogP contribution in [0.25, 0.3) is 0 Å². The van der Waals surface area contributed by atoms with Gasteiger partial charge in [-0.3, -0.25) is 0 Å². The van der Waals surface area contributed by atoms with Crippen LogP contribution in [0.5, 0.6) is 0 Å². The van der Waals surface area contributed by atoms with Gasteiger partial charge < -0.3 is 0 Å². The topological polar surface area (TPSA) is 11.3 Å². The summed E-state index contributed by atoms with van der Waals surface area (Å²) in [6, 6.07) is 23.6. The first-order valence-corrected chi connectivity index (χ1v) is 8.72. The molecule has 1 heteroatoms. The van der Waals surface area contributed by atoms with Crippen molar-refractivity contribution in [2.75, 3.05) is 0 Å². The maximum absolute atomic E-state index is 5.89. The van der Waals surface area contributed by atoms with E-state index in [4.69, 9.17) is 4.42 Å². The van der Waals surface area contributed by atoms with Crippen molar-refractivity contribution in [2.45, 2.75) is 39.5 Å². The molecule has 0 saturated carbocycles. The van der Waals surface area contributed by atoms with Gasteiger partial charge in [-0.25, -0.2) is 4.42 Å². The second-order valence-electron chi connectivity index (χ2n) is 6.39. The Labute approximate surface area is 145 Å². The molecule has 2 aromatic carbocycles. The van der Waals surface area contributed by atoms with Gasteiger partial charge in [0.15, 0.2) is 0 Å². The molecule has 3 aromatic rings. The summed E-state index contributed by atoms with van der Waals surface area (Å²) in [5.74, 6) is 2.06. The third-order valence-electron chi connectivity index (χ3n) is 4.54. The number of aryl methyl sites for hydroxylation is 5. The lowest BCUT2D eigenvalue weighted by molar-refractivity contribution is 0.474. The largest absolute Gasteiger partial charge is 0.329 e. The Morgan fingerprint density at radius 2 is 1.21 bits per heavy atom. The second-order valence-corrected chi connectivity index (χ2v) is 6.39. The highest BCUT2D eigenvalue weighted by Crippen LogP contribution is 2.21. The molecule has 3 rings (SSSR count). The Morgan fingerprint density at radius 3 is 1.79 bits per heavy atom. The molecule has 1 aromatic heterocycles. The Morgan fingerprint density at radius 1 is 0.667 bits per heavy atom. The fourth-order valence-electron chi connectivity index (χ4n) is 3.29. The number of hydrogen-bond acceptors (Lipinski definition) is 0. The molecule has 1 heterocycles. The minimum atomic E-state index is 0.999. The van der Waals surface area contributed by atoms with Gasteiger partial charge in [-0.2, -0.15) is 0 Å². The predicted molar refractivity (Wildman–Crippen MR) is 100 cm³/mol. The van der Waals surface area contributed by atoms with Crippen LogP contribution in [0.4, 0.5) is 0 Å². The standard InChI is InChI=1S/C23H25O/c1-18-17-22(15-13-20-9-5-3-6-10-20)23(19(2)24-18)16-14-21-11-7-4-8-12-21/h3-12,17H,13-16H2,1-2H3/q+1. The minimum Gasteiger partial charge on any atom is -0.218 e. The highest BCUT2D eigenvalue weighted by molar-refractivity contribution is 5.32. The van der Waals surface area contributed by atoms with E-state index in [1.54, 1.807) is 0 Å². The van der Waals surface area contributed by atoms with E-state index in [0.717, 1.165) is 37.2 Å². The van der Waals surface area contributed by atoms with Gasteiger partial charge in [0.1, 0.15) is 0 Å². The molecule has 0 aliphatic heterocycles. The Bertz CT molecular complexity index is 776. The van der Waals surface area contributed by atoms with Crippen LogP contribution >= 0.6 is 0 Å². The third kappa shape index (κ3) is 4.32. The minimum absolute atomic E-state index is 0.999. The maximum Gasteiger partial charge on any atom is 0.329 e. The number of rotatable bonds is 6. The lowest BCUT2D eigenvalue weighted by Gasteiger charge is -2.08. The van der Waals surface area contributed by atoms with Crippen molar-refractivity contribution in [3.63, 3.8) is 0 Å². The number of hydrogen-bond donors (Lipinski definition) is 0. The molecule has 1 nitrogen and oxygen atoms in total. The van der Waals surface area contributed by atoms with Gasteiger partial charge in [-0.1, -0.05) is 60.7 Å². The molecular weight excluding hydrogens is 292 g/mol. The lowest BCUT2D eigenvalue weighted by Crippen LogP contribution is -2.03. The highest BCUT2D eigenvalue weighted by atomic mass is 16.3. The first-order chi connectivity index (χ1) is 11.7. The summed E-state index contributed by atoms with van der Waals surface area (Å²) in [5.41, 5.74) is 5.57. The van der Waals surface area contributed by atoms with E-state index in [-0.39, 0.29) is 0 Å². The van der Waals surface area contributed by atoms with E-state index in [0.29, 0.717) is 0 Å². The SMILES string of the molecule is Cc1cc(CCc2ccccc2)c(CCc2ccccc2)c(C)[o+]1. The van der Waals surface area contributed by atoms with Gasteiger partial charge in [-0.05, 0) is 42.4 Å². The molecule has 0 bridgehead atoms. The van der Waals surface area contributed by atoms with E-state index in [2.05, 4.69) is 73.7 Å². The van der Waals surface area contributed by atoms with E-state index >= 15 is 0 Å². The van der Waals surface area contributed by atoms with Crippen LogP contribution in [0.3, 0.4) is 0 Å². The van der Waals surface area contributed by atoms with E-state index in [9.17, 15) is 0 Å². The monoisotopic (exact) mass is 317 g/mol. The summed E-state index contributed by atoms with van der Waals surface area (Å²) in [7, 11) is 0. The summed E-state index contributed by atoms with van der Waals surface area (Å²) in [5, 5.41) is 0. The smallest absolute Gasteiger partial charge is 0.218 e. The van der Waals surface area contributed by atoms with Crippen LogP contribution < -0.4 is 0 Å². The zero-order chi connectivity index (χ0) is 16.8. The van der Waals surface area contributed by atoms with Crippen molar-refractivity contribution in [3.8, 4) is 0 Å². The van der Waals surface area contributed by atoms with E-state index < -0.39 is 0 Å². The molecule has 0 N–H and O–H groups in total. The molecule has 0 radical (unpaired) electrons. The molecule has 0 atom stereocenters. The van der Waals surface area contributed by atoms with Gasteiger partial charge in [0.25, 0.3) is 0 Å². The molecule has 24 heavy (non-hydrogen) atoms. The van der Waals surface area contributed by atoms with Crippen LogP contribution in [-0.4, -0.2) is 0 Å². The quantitative estimate of drug-likeness (QED) is 0.527. The molecule has 0 fully saturated rings. The zero-order valence-corrected chi connectivity index (χ0v) is 14.6. The van der Waals surface area contributed by atoms with Gasteiger partial charge in [0.2, 0.25) is 0 Å². The van der Waals surface area contributed by atoms with Crippen molar-refractivity contribution in [3.05, 3.63) is 101 Å². The van der Waals surface area contributed by atoms with Crippen molar-refractivity contribution in [1.82, 2.24) is 0 Å². The summed E-state index contributed by atoms with van der Waals surface area (Å²) in [6.07, 6.45) is 4.22. The average Bonchev–Trinajstić information content (AvgIpc) is 2.61. The maximum atomic E-state index is 5.89. The zero-order valence-electron chi connectivity index (χ0n) is 14.6. The van der Waals surface area contributed by atoms with Crippen molar-refractivity contribution in [1.29, 1.82) is 0 Å². The van der Waals surface area contributed by atoms with Gasteiger partial charge in [0, 0.05) is 6.07 Å². The molecule has 0 saturated heterocycles. The predicted octanol–water partition coefficient (Wildman–Crippen LogP) is 5.75. The molecule has 122 valence electrons. The summed E-state index contributed by atoms with van der Waals surface area (Å²) < 4.78 is 5.89. The van der Waals surface area contributed by atoms with Crippen LogP contribution in [0, 0.1) is 13.8 Å². The van der Waals surface area contributed by atoms with Crippen LogP contribution in [0.2, 0.25) is 0 Å².